The van der Waals surface area contributed by atoms with Crippen LogP contribution < -0.4 is 10.2 Å². The lowest BCUT2D eigenvalue weighted by Crippen LogP contribution is -2.46. The molecule has 0 atom stereocenters. The third kappa shape index (κ3) is 4.84. The number of anilines is 2. The third-order valence-electron chi connectivity index (χ3n) is 5.48. The van der Waals surface area contributed by atoms with Gasteiger partial charge in [-0.2, -0.15) is 0 Å². The van der Waals surface area contributed by atoms with Crippen LogP contribution in [0.4, 0.5) is 11.4 Å². The Kier molecular flexibility index (Phi) is 5.92. The molecular weight excluding hydrogens is 358 g/mol. The fourth-order valence-electron chi connectivity index (χ4n) is 3.81. The zero-order valence-electron chi connectivity index (χ0n) is 16.8. The Balaban J connectivity index is 1.30. The van der Waals surface area contributed by atoms with Crippen LogP contribution in [0.5, 0.6) is 0 Å². The SMILES string of the molecule is Cc1ccccc1N1CCN(Cc2ccc(C(=O)Nc3ccccc3)cc2)CC1. The Morgan fingerprint density at radius 1 is 0.828 bits per heavy atom. The molecule has 1 saturated heterocycles. The fraction of sp³-hybridized carbons (Fsp3) is 0.240. The summed E-state index contributed by atoms with van der Waals surface area (Å²) in [5, 5.41) is 2.93. The summed E-state index contributed by atoms with van der Waals surface area (Å²) in [4.78, 5) is 17.3. The molecule has 0 aliphatic carbocycles. The highest BCUT2D eigenvalue weighted by molar-refractivity contribution is 6.04. The van der Waals surface area contributed by atoms with Gasteiger partial charge < -0.3 is 10.2 Å². The molecule has 0 aromatic heterocycles. The van der Waals surface area contributed by atoms with Gasteiger partial charge in [0.1, 0.15) is 0 Å². The van der Waals surface area contributed by atoms with Crippen molar-refractivity contribution in [2.75, 3.05) is 36.4 Å². The first-order chi connectivity index (χ1) is 14.2. The van der Waals surface area contributed by atoms with Crippen molar-refractivity contribution in [3.8, 4) is 0 Å². The highest BCUT2D eigenvalue weighted by Crippen LogP contribution is 2.21. The standard InChI is InChI=1S/C25H27N3O/c1-20-7-5-6-10-24(20)28-17-15-27(16-18-28)19-21-11-13-22(14-12-21)25(29)26-23-8-3-2-4-9-23/h2-14H,15-19H2,1H3,(H,26,29). The van der Waals surface area contributed by atoms with Gasteiger partial charge in [0.25, 0.3) is 5.91 Å². The summed E-state index contributed by atoms with van der Waals surface area (Å²) >= 11 is 0. The monoisotopic (exact) mass is 385 g/mol. The first-order valence-corrected chi connectivity index (χ1v) is 10.2. The van der Waals surface area contributed by atoms with Crippen LogP contribution in [0.2, 0.25) is 0 Å². The summed E-state index contributed by atoms with van der Waals surface area (Å²) in [5.74, 6) is -0.0744. The molecule has 3 aromatic rings. The predicted octanol–water partition coefficient (Wildman–Crippen LogP) is 4.57. The number of nitrogens with one attached hydrogen (secondary N) is 1. The number of carbonyl (C=O) groups is 1. The number of carbonyl (C=O) groups excluding carboxylic acids is 1. The van der Waals surface area contributed by atoms with Crippen molar-refractivity contribution in [2.24, 2.45) is 0 Å². The minimum atomic E-state index is -0.0744. The summed E-state index contributed by atoms with van der Waals surface area (Å²) < 4.78 is 0. The topological polar surface area (TPSA) is 35.6 Å². The molecule has 0 unspecified atom stereocenters. The van der Waals surface area contributed by atoms with Gasteiger partial charge in [-0.15, -0.1) is 0 Å². The number of piperazine rings is 1. The van der Waals surface area contributed by atoms with Crippen molar-refractivity contribution in [1.82, 2.24) is 4.90 Å². The van der Waals surface area contributed by atoms with Gasteiger partial charge in [-0.25, -0.2) is 0 Å². The van der Waals surface area contributed by atoms with Crippen molar-refractivity contribution in [2.45, 2.75) is 13.5 Å². The number of hydrogen-bond acceptors (Lipinski definition) is 3. The van der Waals surface area contributed by atoms with Crippen LogP contribution in [0.25, 0.3) is 0 Å². The van der Waals surface area contributed by atoms with Gasteiger partial charge in [0, 0.05) is 49.7 Å². The lowest BCUT2D eigenvalue weighted by Gasteiger charge is -2.36. The van der Waals surface area contributed by atoms with Crippen molar-refractivity contribution in [3.05, 3.63) is 95.6 Å². The molecule has 3 aromatic carbocycles. The van der Waals surface area contributed by atoms with E-state index in [1.165, 1.54) is 16.8 Å². The quantitative estimate of drug-likeness (QED) is 0.699. The second-order valence-electron chi connectivity index (χ2n) is 7.57. The lowest BCUT2D eigenvalue weighted by atomic mass is 10.1. The second-order valence-corrected chi connectivity index (χ2v) is 7.57. The van der Waals surface area contributed by atoms with Crippen LogP contribution in [0, 0.1) is 6.92 Å². The van der Waals surface area contributed by atoms with E-state index in [-0.39, 0.29) is 5.91 Å². The molecule has 1 aliphatic heterocycles. The Morgan fingerprint density at radius 2 is 1.48 bits per heavy atom. The van der Waals surface area contributed by atoms with Gasteiger partial charge in [0.2, 0.25) is 0 Å². The maximum atomic E-state index is 12.4. The lowest BCUT2D eigenvalue weighted by molar-refractivity contribution is 0.102. The van der Waals surface area contributed by atoms with Crippen LogP contribution in [-0.2, 0) is 6.54 Å². The molecule has 1 heterocycles. The van der Waals surface area contributed by atoms with E-state index < -0.39 is 0 Å². The van der Waals surface area contributed by atoms with E-state index in [0.29, 0.717) is 5.56 Å². The first-order valence-electron chi connectivity index (χ1n) is 10.2. The Morgan fingerprint density at radius 3 is 2.17 bits per heavy atom. The van der Waals surface area contributed by atoms with Gasteiger partial charge in [-0.3, -0.25) is 9.69 Å². The number of amides is 1. The zero-order chi connectivity index (χ0) is 20.1. The normalized spacial score (nSPS) is 14.6. The minimum absolute atomic E-state index is 0.0744. The Bertz CT molecular complexity index is 945. The maximum absolute atomic E-state index is 12.4. The minimum Gasteiger partial charge on any atom is -0.369 e. The second kappa shape index (κ2) is 8.93. The van der Waals surface area contributed by atoms with Crippen LogP contribution >= 0.6 is 0 Å². The molecule has 0 spiro atoms. The summed E-state index contributed by atoms with van der Waals surface area (Å²) in [6, 6.07) is 26.1. The van der Waals surface area contributed by atoms with Gasteiger partial charge in [0.15, 0.2) is 0 Å². The molecule has 148 valence electrons. The molecule has 4 rings (SSSR count). The number of rotatable bonds is 5. The van der Waals surface area contributed by atoms with E-state index in [4.69, 9.17) is 0 Å². The summed E-state index contributed by atoms with van der Waals surface area (Å²) in [6.07, 6.45) is 0. The molecule has 1 aliphatic rings. The number of nitrogens with zero attached hydrogens (tertiary/aromatic N) is 2. The van der Waals surface area contributed by atoms with Gasteiger partial charge >= 0.3 is 0 Å². The van der Waals surface area contributed by atoms with Gasteiger partial charge in [0.05, 0.1) is 0 Å². The van der Waals surface area contributed by atoms with Crippen molar-refractivity contribution >= 4 is 17.3 Å². The summed E-state index contributed by atoms with van der Waals surface area (Å²) in [7, 11) is 0. The number of benzene rings is 3. The molecule has 4 heteroatoms. The van der Waals surface area contributed by atoms with Crippen molar-refractivity contribution in [3.63, 3.8) is 0 Å². The number of aryl methyl sites for hydroxylation is 1. The van der Waals surface area contributed by atoms with Crippen molar-refractivity contribution in [1.29, 1.82) is 0 Å². The van der Waals surface area contributed by atoms with Crippen LogP contribution in [-0.4, -0.2) is 37.0 Å². The molecule has 0 radical (unpaired) electrons. The van der Waals surface area contributed by atoms with Crippen LogP contribution in [0.1, 0.15) is 21.5 Å². The molecule has 29 heavy (non-hydrogen) atoms. The number of hydrogen-bond donors (Lipinski definition) is 1. The van der Waals surface area contributed by atoms with E-state index in [2.05, 4.69) is 58.4 Å². The first kappa shape index (κ1) is 19.2. The van der Waals surface area contributed by atoms with Gasteiger partial charge in [-0.05, 0) is 48.4 Å². The average molecular weight is 386 g/mol. The average Bonchev–Trinajstić information content (AvgIpc) is 2.76. The largest absolute Gasteiger partial charge is 0.369 e. The smallest absolute Gasteiger partial charge is 0.255 e. The molecular formula is C25H27N3O. The Hall–Kier alpha value is -3.11. The van der Waals surface area contributed by atoms with Gasteiger partial charge in [-0.1, -0.05) is 48.5 Å². The van der Waals surface area contributed by atoms with E-state index in [1.54, 1.807) is 0 Å². The maximum Gasteiger partial charge on any atom is 0.255 e. The van der Waals surface area contributed by atoms with Crippen LogP contribution in [0.3, 0.4) is 0 Å². The van der Waals surface area contributed by atoms with E-state index in [9.17, 15) is 4.79 Å². The Labute approximate surface area is 172 Å². The molecule has 4 nitrogen and oxygen atoms in total. The van der Waals surface area contributed by atoms with E-state index >= 15 is 0 Å². The molecule has 1 N–H and O–H groups in total. The predicted molar refractivity (Wildman–Crippen MR) is 120 cm³/mol. The molecule has 0 bridgehead atoms. The number of para-hydroxylation sites is 2. The molecule has 1 amide bonds. The van der Waals surface area contributed by atoms with E-state index in [1.807, 2.05) is 42.5 Å². The highest BCUT2D eigenvalue weighted by Gasteiger charge is 2.18. The molecule has 1 fully saturated rings. The van der Waals surface area contributed by atoms with Crippen molar-refractivity contribution < 1.29 is 4.79 Å². The summed E-state index contributed by atoms with van der Waals surface area (Å²) in [5.41, 5.74) is 5.42. The summed E-state index contributed by atoms with van der Waals surface area (Å²) in [6.45, 7) is 7.28. The third-order valence-corrected chi connectivity index (χ3v) is 5.48. The molecule has 0 saturated carbocycles. The van der Waals surface area contributed by atoms with Crippen LogP contribution in [0.15, 0.2) is 78.9 Å². The van der Waals surface area contributed by atoms with E-state index in [0.717, 1.165) is 38.4 Å². The fourth-order valence-corrected chi connectivity index (χ4v) is 3.81. The highest BCUT2D eigenvalue weighted by atomic mass is 16.1. The zero-order valence-corrected chi connectivity index (χ0v) is 16.8.